The molecule has 0 atom stereocenters. The van der Waals surface area contributed by atoms with E-state index in [1.54, 1.807) is 4.90 Å². The lowest BCUT2D eigenvalue weighted by Crippen LogP contribution is -2.47. The Hall–Kier alpha value is -4.85. The minimum Gasteiger partial charge on any atom is -0.297 e. The van der Waals surface area contributed by atoms with E-state index in [1.165, 1.54) is 0 Å². The van der Waals surface area contributed by atoms with E-state index in [2.05, 4.69) is 0 Å². The van der Waals surface area contributed by atoms with Gasteiger partial charge in [0.1, 0.15) is 6.73 Å². The molecule has 46 heavy (non-hydrogen) atoms. The zero-order chi connectivity index (χ0) is 31.8. The number of imide groups is 1. The second-order valence-corrected chi connectivity index (χ2v) is 12.4. The van der Waals surface area contributed by atoms with Crippen LogP contribution in [0, 0.1) is 0 Å². The highest BCUT2D eigenvalue weighted by molar-refractivity contribution is 7.48. The van der Waals surface area contributed by atoms with Gasteiger partial charge in [-0.3, -0.25) is 23.3 Å². The van der Waals surface area contributed by atoms with Crippen LogP contribution in [0.2, 0.25) is 0 Å². The first-order chi connectivity index (χ1) is 22.5. The predicted octanol–water partition coefficient (Wildman–Crippen LogP) is 7.91. The Morgan fingerprint density at radius 3 is 1.35 bits per heavy atom. The molecule has 1 heterocycles. The Labute approximate surface area is 268 Å². The molecule has 1 aliphatic rings. The van der Waals surface area contributed by atoms with Gasteiger partial charge in [-0.05, 0) is 27.8 Å². The number of phosphoric acid groups is 1. The molecule has 0 saturated carbocycles. The molecule has 0 bridgehead atoms. The molecule has 0 unspecified atom stereocenters. The summed E-state index contributed by atoms with van der Waals surface area (Å²) in [6.45, 7) is -0.636. The van der Waals surface area contributed by atoms with Crippen LogP contribution in [0.1, 0.15) is 27.8 Å². The van der Waals surface area contributed by atoms with E-state index in [9.17, 15) is 14.2 Å². The summed E-state index contributed by atoms with van der Waals surface area (Å²) in [6, 6.07) is 45.6. The third-order valence-electron chi connectivity index (χ3n) is 7.80. The molecule has 3 amide bonds. The largest absolute Gasteiger partial charge is 0.477 e. The lowest BCUT2D eigenvalue weighted by molar-refractivity contribution is -0.134. The first-order valence-electron chi connectivity index (χ1n) is 14.9. The molecule has 8 nitrogen and oxygen atoms in total. The fraction of sp³-hybridized carbons (Fsp3) is 0.135. The van der Waals surface area contributed by atoms with Crippen LogP contribution in [-0.2, 0) is 48.2 Å². The third kappa shape index (κ3) is 6.57. The number of hydrogen-bond acceptors (Lipinski definition) is 6. The molecule has 232 valence electrons. The fourth-order valence-corrected chi connectivity index (χ4v) is 6.63. The summed E-state index contributed by atoms with van der Waals surface area (Å²) in [5.74, 6) is -0.538. The average molecular weight is 633 g/mol. The summed E-state index contributed by atoms with van der Waals surface area (Å²) in [4.78, 5) is 31.6. The van der Waals surface area contributed by atoms with Gasteiger partial charge in [0, 0.05) is 6.54 Å². The normalized spacial score (nSPS) is 14.5. The molecule has 0 N–H and O–H groups in total. The van der Waals surface area contributed by atoms with Crippen molar-refractivity contribution in [3.05, 3.63) is 179 Å². The maximum Gasteiger partial charge on any atom is 0.477 e. The molecule has 9 heteroatoms. The minimum atomic E-state index is -4.29. The zero-order valence-electron chi connectivity index (χ0n) is 25.1. The van der Waals surface area contributed by atoms with Crippen LogP contribution in [0.4, 0.5) is 4.79 Å². The van der Waals surface area contributed by atoms with Gasteiger partial charge in [0.15, 0.2) is 5.54 Å². The Morgan fingerprint density at radius 2 is 0.913 bits per heavy atom. The second-order valence-electron chi connectivity index (χ2n) is 10.8. The zero-order valence-corrected chi connectivity index (χ0v) is 25.9. The standard InChI is InChI=1S/C37H33N2O6P/c40-35-37(33-22-12-4-13-23-33,34-24-14-5-15-25-34)39(26-30-16-6-1-7-17-30)36(41)38(35)29-45-46(42,43-27-31-18-8-2-9-19-31)44-28-32-20-10-3-11-21-32/h1-25H,26-29H2. The van der Waals surface area contributed by atoms with Gasteiger partial charge in [-0.2, -0.15) is 0 Å². The first-order valence-corrected chi connectivity index (χ1v) is 16.4. The molecule has 5 aromatic rings. The Kier molecular flexibility index (Phi) is 9.52. The van der Waals surface area contributed by atoms with Crippen molar-refractivity contribution >= 4 is 19.8 Å². The number of benzene rings is 5. The number of nitrogens with zero attached hydrogens (tertiary/aromatic N) is 2. The molecular formula is C37H33N2O6P. The van der Waals surface area contributed by atoms with E-state index in [0.717, 1.165) is 21.6 Å². The van der Waals surface area contributed by atoms with Crippen molar-refractivity contribution in [2.45, 2.75) is 25.3 Å². The number of urea groups is 1. The van der Waals surface area contributed by atoms with Gasteiger partial charge < -0.3 is 0 Å². The summed E-state index contributed by atoms with van der Waals surface area (Å²) in [6.07, 6.45) is 0. The highest BCUT2D eigenvalue weighted by Crippen LogP contribution is 2.52. The number of hydrogen-bond donors (Lipinski definition) is 0. The summed E-state index contributed by atoms with van der Waals surface area (Å²) in [7, 11) is -4.29. The Bertz CT molecular complexity index is 1700. The van der Waals surface area contributed by atoms with E-state index in [1.807, 2.05) is 152 Å². The van der Waals surface area contributed by atoms with E-state index in [0.29, 0.717) is 11.1 Å². The number of carbonyl (C=O) groups excluding carboxylic acids is 2. The van der Waals surface area contributed by atoms with Gasteiger partial charge in [-0.25, -0.2) is 14.3 Å². The van der Waals surface area contributed by atoms with Crippen molar-refractivity contribution in [2.75, 3.05) is 6.73 Å². The van der Waals surface area contributed by atoms with Crippen LogP contribution < -0.4 is 0 Å². The summed E-state index contributed by atoms with van der Waals surface area (Å²) < 4.78 is 31.4. The van der Waals surface area contributed by atoms with Crippen LogP contribution in [0.5, 0.6) is 0 Å². The van der Waals surface area contributed by atoms with E-state index in [4.69, 9.17) is 13.6 Å². The predicted molar refractivity (Wildman–Crippen MR) is 174 cm³/mol. The summed E-state index contributed by atoms with van der Waals surface area (Å²) >= 11 is 0. The summed E-state index contributed by atoms with van der Waals surface area (Å²) in [5, 5.41) is 0. The molecule has 1 fully saturated rings. The Morgan fingerprint density at radius 1 is 0.522 bits per heavy atom. The number of rotatable bonds is 13. The van der Waals surface area contributed by atoms with E-state index >= 15 is 0 Å². The molecular weight excluding hydrogens is 599 g/mol. The molecule has 0 radical (unpaired) electrons. The third-order valence-corrected chi connectivity index (χ3v) is 9.12. The number of amides is 3. The molecule has 1 aliphatic heterocycles. The molecule has 0 aliphatic carbocycles. The van der Waals surface area contributed by atoms with Gasteiger partial charge >= 0.3 is 13.9 Å². The molecule has 0 spiro atoms. The lowest BCUT2D eigenvalue weighted by Gasteiger charge is -2.36. The highest BCUT2D eigenvalue weighted by Gasteiger charge is 2.59. The van der Waals surface area contributed by atoms with Crippen molar-refractivity contribution in [3.8, 4) is 0 Å². The summed E-state index contributed by atoms with van der Waals surface area (Å²) in [5.41, 5.74) is 2.06. The van der Waals surface area contributed by atoms with E-state index in [-0.39, 0.29) is 19.8 Å². The van der Waals surface area contributed by atoms with Crippen molar-refractivity contribution < 1.29 is 27.7 Å². The average Bonchev–Trinajstić information content (AvgIpc) is 3.32. The topological polar surface area (TPSA) is 85.4 Å². The fourth-order valence-electron chi connectivity index (χ4n) is 5.53. The molecule has 6 rings (SSSR count). The quantitative estimate of drug-likeness (QED) is 0.0969. The van der Waals surface area contributed by atoms with Gasteiger partial charge in [0.05, 0.1) is 13.2 Å². The maximum atomic E-state index is 14.7. The minimum absolute atomic E-state index is 0.0626. The van der Waals surface area contributed by atoms with Crippen LogP contribution in [0.3, 0.4) is 0 Å². The van der Waals surface area contributed by atoms with Crippen LogP contribution in [0.15, 0.2) is 152 Å². The van der Waals surface area contributed by atoms with Crippen LogP contribution in [0.25, 0.3) is 0 Å². The SMILES string of the molecule is O=C1N(COP(=O)(OCc2ccccc2)OCc2ccccc2)C(=O)C(c2ccccc2)(c2ccccc2)N1Cc1ccccc1. The van der Waals surface area contributed by atoms with Crippen LogP contribution >= 0.6 is 7.82 Å². The van der Waals surface area contributed by atoms with Crippen molar-refractivity contribution in [1.82, 2.24) is 9.80 Å². The van der Waals surface area contributed by atoms with Gasteiger partial charge in [-0.15, -0.1) is 0 Å². The molecule has 0 aromatic heterocycles. The lowest BCUT2D eigenvalue weighted by atomic mass is 9.81. The molecule has 1 saturated heterocycles. The number of carbonyl (C=O) groups is 2. The smallest absolute Gasteiger partial charge is 0.297 e. The first kappa shape index (κ1) is 31.1. The van der Waals surface area contributed by atoms with Crippen molar-refractivity contribution in [1.29, 1.82) is 0 Å². The maximum absolute atomic E-state index is 14.7. The van der Waals surface area contributed by atoms with Crippen LogP contribution in [-0.4, -0.2) is 28.5 Å². The Balaban J connectivity index is 1.35. The van der Waals surface area contributed by atoms with Gasteiger partial charge in [0.25, 0.3) is 5.91 Å². The van der Waals surface area contributed by atoms with Crippen molar-refractivity contribution in [3.63, 3.8) is 0 Å². The monoisotopic (exact) mass is 632 g/mol. The highest BCUT2D eigenvalue weighted by atomic mass is 31.2. The van der Waals surface area contributed by atoms with Gasteiger partial charge in [0.2, 0.25) is 0 Å². The second kappa shape index (κ2) is 14.1. The number of phosphoric ester groups is 1. The van der Waals surface area contributed by atoms with Crippen molar-refractivity contribution in [2.24, 2.45) is 0 Å². The van der Waals surface area contributed by atoms with Gasteiger partial charge in [-0.1, -0.05) is 152 Å². The van der Waals surface area contributed by atoms with E-state index < -0.39 is 32.0 Å². The molecule has 5 aromatic carbocycles.